The van der Waals surface area contributed by atoms with Crippen LogP contribution < -0.4 is 14.9 Å². The van der Waals surface area contributed by atoms with Gasteiger partial charge in [-0.05, 0) is 80.1 Å². The average molecular weight is 600 g/mol. The molecule has 3 aromatic carbocycles. The molecule has 222 valence electrons. The van der Waals surface area contributed by atoms with Crippen molar-refractivity contribution in [3.05, 3.63) is 102 Å². The van der Waals surface area contributed by atoms with Gasteiger partial charge in [0.25, 0.3) is 0 Å². The molecule has 0 bridgehead atoms. The highest BCUT2D eigenvalue weighted by Crippen LogP contribution is 2.28. The van der Waals surface area contributed by atoms with Crippen LogP contribution in [-0.4, -0.2) is 64.5 Å². The first-order valence-corrected chi connectivity index (χ1v) is 15.3. The van der Waals surface area contributed by atoms with Gasteiger partial charge in [-0.2, -0.15) is 0 Å². The largest absolute Gasteiger partial charge is 0.378 e. The number of aromatic nitrogens is 2. The van der Waals surface area contributed by atoms with Gasteiger partial charge < -0.3 is 29.1 Å². The fraction of sp³-hybridized carbons (Fsp3) is 0.250. The Bertz CT molecular complexity index is 1710. The lowest BCUT2D eigenvalue weighted by molar-refractivity contribution is 0.122. The zero-order valence-electron chi connectivity index (χ0n) is 24.4. The minimum atomic E-state index is -1.54. The minimum absolute atomic E-state index is 0.283. The number of guanidine groups is 1. The summed E-state index contributed by atoms with van der Waals surface area (Å²) in [5.74, 6) is 0.369. The maximum Gasteiger partial charge on any atom is 0.203 e. The lowest BCUT2D eigenvalue weighted by Gasteiger charge is -2.29. The maximum absolute atomic E-state index is 13.7. The lowest BCUT2D eigenvalue weighted by Crippen LogP contribution is -2.36. The quantitative estimate of drug-likeness (QED) is 0.298. The summed E-state index contributed by atoms with van der Waals surface area (Å²) in [4.78, 5) is 14.1. The summed E-state index contributed by atoms with van der Waals surface area (Å²) >= 11 is 0. The van der Waals surface area contributed by atoms with Gasteiger partial charge in [0, 0.05) is 49.8 Å². The summed E-state index contributed by atoms with van der Waals surface area (Å²) in [6.45, 7) is 7.51. The molecule has 2 aliphatic heterocycles. The molecule has 6 rings (SSSR count). The van der Waals surface area contributed by atoms with Crippen LogP contribution in [0.4, 0.5) is 21.5 Å². The van der Waals surface area contributed by atoms with Gasteiger partial charge in [-0.3, -0.25) is 0 Å². The zero-order chi connectivity index (χ0) is 29.9. The standard InChI is InChI=1S/C32H34FN7O2S/c1-22-4-9-29(19-31(22)36-32-35-30(10-11-38(32)3)24-5-7-25(33)8-6-24)43(41)37-26-16-27(39-12-14-42-15-13-39)18-28(17-26)40-20-23(2)34-21-40/h4-10,16-21,37H,11-15H2,1-3H3,(H,35,36). The molecule has 3 heterocycles. The van der Waals surface area contributed by atoms with Crippen molar-refractivity contribution in [3.8, 4) is 5.69 Å². The number of hydrogen-bond acceptors (Lipinski definition) is 7. The van der Waals surface area contributed by atoms with Crippen molar-refractivity contribution in [2.75, 3.05) is 54.8 Å². The van der Waals surface area contributed by atoms with E-state index in [1.54, 1.807) is 18.5 Å². The predicted octanol–water partition coefficient (Wildman–Crippen LogP) is 5.35. The van der Waals surface area contributed by atoms with Crippen molar-refractivity contribution in [1.82, 2.24) is 14.5 Å². The number of aryl methyl sites for hydroxylation is 2. The van der Waals surface area contributed by atoms with Gasteiger partial charge in [0.05, 0.1) is 47.2 Å². The molecule has 43 heavy (non-hydrogen) atoms. The van der Waals surface area contributed by atoms with E-state index in [1.165, 1.54) is 12.1 Å². The SMILES string of the molecule is Cc1cn(-c2cc(NS(=O)c3ccc(C)c(NC4=NC(c5ccc(F)cc5)=CCN4C)c3)cc(N3CCOCC3)c2)cn1. The van der Waals surface area contributed by atoms with Crippen LogP contribution >= 0.6 is 0 Å². The fourth-order valence-electron chi connectivity index (χ4n) is 4.99. The second-order valence-electron chi connectivity index (χ2n) is 10.6. The number of benzene rings is 3. The van der Waals surface area contributed by atoms with Gasteiger partial charge in [-0.15, -0.1) is 0 Å². The van der Waals surface area contributed by atoms with Gasteiger partial charge in [-0.1, -0.05) is 6.07 Å². The number of ether oxygens (including phenoxy) is 1. The summed E-state index contributed by atoms with van der Waals surface area (Å²) < 4.78 is 37.9. The van der Waals surface area contributed by atoms with E-state index >= 15 is 0 Å². The molecule has 11 heteroatoms. The Morgan fingerprint density at radius 3 is 2.49 bits per heavy atom. The Morgan fingerprint density at radius 1 is 0.977 bits per heavy atom. The second-order valence-corrected chi connectivity index (χ2v) is 11.9. The third kappa shape index (κ3) is 6.63. The first-order chi connectivity index (χ1) is 20.8. The predicted molar refractivity (Wildman–Crippen MR) is 171 cm³/mol. The van der Waals surface area contributed by atoms with Crippen molar-refractivity contribution in [1.29, 1.82) is 0 Å². The third-order valence-electron chi connectivity index (χ3n) is 7.46. The van der Waals surface area contributed by atoms with Crippen molar-refractivity contribution < 1.29 is 13.3 Å². The molecule has 1 aromatic heterocycles. The molecule has 1 atom stereocenters. The molecule has 2 N–H and O–H groups in total. The number of likely N-dealkylation sites (N-methyl/N-ethyl adjacent to an activating group) is 1. The molecule has 1 fully saturated rings. The molecule has 0 saturated carbocycles. The Morgan fingerprint density at radius 2 is 1.74 bits per heavy atom. The highest BCUT2D eigenvalue weighted by atomic mass is 32.2. The van der Waals surface area contributed by atoms with Crippen LogP contribution in [0.3, 0.4) is 0 Å². The van der Waals surface area contributed by atoms with E-state index in [2.05, 4.69) is 26.0 Å². The van der Waals surface area contributed by atoms with Crippen molar-refractivity contribution in [2.45, 2.75) is 18.7 Å². The van der Waals surface area contributed by atoms with Gasteiger partial charge in [-0.25, -0.2) is 18.6 Å². The molecule has 4 aromatic rings. The minimum Gasteiger partial charge on any atom is -0.378 e. The number of imidazole rings is 1. The van der Waals surface area contributed by atoms with Crippen LogP contribution in [0.5, 0.6) is 0 Å². The summed E-state index contributed by atoms with van der Waals surface area (Å²) in [7, 11) is 0.410. The number of rotatable bonds is 7. The van der Waals surface area contributed by atoms with Crippen LogP contribution in [0, 0.1) is 19.7 Å². The topological polar surface area (TPSA) is 87.0 Å². The Hall–Kier alpha value is -4.48. The number of halogens is 1. The molecule has 0 amide bonds. The Balaban J connectivity index is 1.25. The third-order valence-corrected chi connectivity index (χ3v) is 8.56. The number of aliphatic imine (C=N–C) groups is 1. The maximum atomic E-state index is 13.7. The molecular weight excluding hydrogens is 565 g/mol. The summed E-state index contributed by atoms with van der Waals surface area (Å²) in [6, 6.07) is 18.1. The Labute approximate surface area is 253 Å². The molecule has 2 aliphatic rings. The van der Waals surface area contributed by atoms with E-state index in [-0.39, 0.29) is 5.82 Å². The lowest BCUT2D eigenvalue weighted by atomic mass is 10.1. The normalized spacial score (nSPS) is 16.0. The van der Waals surface area contributed by atoms with Crippen molar-refractivity contribution >= 4 is 39.7 Å². The summed E-state index contributed by atoms with van der Waals surface area (Å²) in [5.41, 5.74) is 7.02. The first kappa shape index (κ1) is 28.6. The summed E-state index contributed by atoms with van der Waals surface area (Å²) in [5, 5.41) is 3.42. The van der Waals surface area contributed by atoms with Crippen LogP contribution in [0.15, 0.2) is 89.2 Å². The van der Waals surface area contributed by atoms with Gasteiger partial charge in [0.15, 0.2) is 0 Å². The smallest absolute Gasteiger partial charge is 0.203 e. The van der Waals surface area contributed by atoms with Crippen LogP contribution in [0.1, 0.15) is 16.8 Å². The van der Waals surface area contributed by atoms with Gasteiger partial charge in [0.1, 0.15) is 16.8 Å². The van der Waals surface area contributed by atoms with E-state index in [1.807, 2.05) is 73.0 Å². The molecule has 0 spiro atoms. The number of anilines is 3. The first-order valence-electron chi connectivity index (χ1n) is 14.1. The highest BCUT2D eigenvalue weighted by Gasteiger charge is 2.18. The van der Waals surface area contributed by atoms with E-state index in [4.69, 9.17) is 9.73 Å². The molecule has 9 nitrogen and oxygen atoms in total. The average Bonchev–Trinajstić information content (AvgIpc) is 3.46. The van der Waals surface area contributed by atoms with Crippen molar-refractivity contribution in [2.24, 2.45) is 4.99 Å². The number of nitrogens with zero attached hydrogens (tertiary/aromatic N) is 5. The molecular formula is C32H34FN7O2S. The molecule has 0 aliphatic carbocycles. The Kier molecular flexibility index (Phi) is 8.26. The number of nitrogens with one attached hydrogen (secondary N) is 2. The van der Waals surface area contributed by atoms with Gasteiger partial charge in [0.2, 0.25) is 5.96 Å². The highest BCUT2D eigenvalue weighted by molar-refractivity contribution is 7.86. The van der Waals surface area contributed by atoms with Crippen LogP contribution in [0.25, 0.3) is 11.4 Å². The van der Waals surface area contributed by atoms with Crippen LogP contribution in [0.2, 0.25) is 0 Å². The molecule has 0 radical (unpaired) electrons. The van der Waals surface area contributed by atoms with E-state index in [0.29, 0.717) is 30.6 Å². The second kappa shape index (κ2) is 12.4. The molecule has 1 saturated heterocycles. The van der Waals surface area contributed by atoms with Gasteiger partial charge >= 0.3 is 0 Å². The zero-order valence-corrected chi connectivity index (χ0v) is 25.2. The molecule has 1 unspecified atom stereocenters. The van der Waals surface area contributed by atoms with Crippen molar-refractivity contribution in [3.63, 3.8) is 0 Å². The summed E-state index contributed by atoms with van der Waals surface area (Å²) in [6.07, 6.45) is 5.76. The van der Waals surface area contributed by atoms with Crippen LogP contribution in [-0.2, 0) is 15.7 Å². The van der Waals surface area contributed by atoms with E-state index < -0.39 is 11.0 Å². The fourth-order valence-corrected chi connectivity index (χ4v) is 5.85. The monoisotopic (exact) mass is 599 g/mol. The number of morpholine rings is 1. The number of hydrogen-bond donors (Lipinski definition) is 2. The van der Waals surface area contributed by atoms with E-state index in [9.17, 15) is 8.60 Å². The van der Waals surface area contributed by atoms with E-state index in [0.717, 1.165) is 58.4 Å².